The zero-order chi connectivity index (χ0) is 24.3. The number of aliphatic hydroxyl groups is 2. The number of aliphatic hydroxyl groups excluding tert-OH is 2. The van der Waals surface area contributed by atoms with Crippen molar-refractivity contribution in [1.29, 1.82) is 5.26 Å². The number of nitriles is 1. The number of nitrogens with two attached hydrogens (primary N) is 1. The van der Waals surface area contributed by atoms with Gasteiger partial charge in [0, 0.05) is 0 Å². The van der Waals surface area contributed by atoms with Crippen LogP contribution < -0.4 is 5.73 Å². The number of hydrogen-bond donors (Lipinski definition) is 7. The molecule has 0 aliphatic carbocycles. The van der Waals surface area contributed by atoms with Crippen molar-refractivity contribution in [2.75, 3.05) is 12.3 Å². The minimum absolute atomic E-state index is 0.0467. The van der Waals surface area contributed by atoms with Crippen molar-refractivity contribution in [3.05, 3.63) is 24.2 Å². The van der Waals surface area contributed by atoms with Gasteiger partial charge in [-0.15, -0.1) is 0 Å². The van der Waals surface area contributed by atoms with E-state index in [1.807, 2.05) is 0 Å². The molecular weight excluding hydrogens is 503 g/mol. The van der Waals surface area contributed by atoms with Crippen LogP contribution in [-0.2, 0) is 31.6 Å². The van der Waals surface area contributed by atoms with Crippen molar-refractivity contribution in [3.63, 3.8) is 0 Å². The van der Waals surface area contributed by atoms with Gasteiger partial charge in [-0.2, -0.15) is 19.0 Å². The van der Waals surface area contributed by atoms with Crippen molar-refractivity contribution in [2.45, 2.75) is 18.3 Å². The molecule has 0 aromatic carbocycles. The van der Waals surface area contributed by atoms with Gasteiger partial charge >= 0.3 is 23.5 Å². The first-order chi connectivity index (χ1) is 14.7. The monoisotopic (exact) mass is 519 g/mol. The molecule has 0 aliphatic heterocycles. The Morgan fingerprint density at radius 3 is 2.38 bits per heavy atom. The van der Waals surface area contributed by atoms with Crippen LogP contribution in [0.4, 0.5) is 5.82 Å². The third kappa shape index (κ3) is 7.02. The quantitative estimate of drug-likeness (QED) is 0.137. The summed E-state index contributed by atoms with van der Waals surface area (Å²) < 4.78 is 50.7. The zero-order valence-electron chi connectivity index (χ0n) is 15.4. The predicted molar refractivity (Wildman–Crippen MR) is 98.7 cm³/mol. The Labute approximate surface area is 177 Å². The van der Waals surface area contributed by atoms with E-state index in [9.17, 15) is 28.8 Å². The molecule has 2 rings (SSSR count). The Bertz CT molecular complexity index is 1140. The first kappa shape index (κ1) is 26.3. The largest absolute Gasteiger partial charge is 0.490 e. The van der Waals surface area contributed by atoms with Crippen molar-refractivity contribution >= 4 is 34.8 Å². The fraction of sp³-hybridized carbons (Fsp3) is 0.364. The molecule has 18 nitrogen and oxygen atoms in total. The van der Waals surface area contributed by atoms with E-state index >= 15 is 0 Å². The lowest BCUT2D eigenvalue weighted by Crippen LogP contribution is -2.37. The van der Waals surface area contributed by atoms with Gasteiger partial charge in [-0.3, -0.25) is 4.52 Å². The van der Waals surface area contributed by atoms with Gasteiger partial charge in [-0.25, -0.2) is 23.2 Å². The van der Waals surface area contributed by atoms with Crippen LogP contribution in [0.15, 0.2) is 18.5 Å². The van der Waals surface area contributed by atoms with Gasteiger partial charge in [0.2, 0.25) is 0 Å². The van der Waals surface area contributed by atoms with E-state index in [1.165, 1.54) is 12.1 Å². The fourth-order valence-corrected chi connectivity index (χ4v) is 5.35. The fourth-order valence-electron chi connectivity index (χ4n) is 2.32. The van der Waals surface area contributed by atoms with E-state index in [-0.39, 0.29) is 17.0 Å². The zero-order valence-corrected chi connectivity index (χ0v) is 18.1. The smallest absolute Gasteiger partial charge is 0.419 e. The summed E-state index contributed by atoms with van der Waals surface area (Å²) in [4.78, 5) is 39.3. The number of rotatable bonds is 11. The van der Waals surface area contributed by atoms with E-state index in [2.05, 4.69) is 28.0 Å². The summed E-state index contributed by atoms with van der Waals surface area (Å²) in [5, 5.41) is 33.4. The molecule has 178 valence electrons. The second kappa shape index (κ2) is 9.89. The minimum atomic E-state index is -5.77. The Kier molecular flexibility index (Phi) is 8.13. The molecule has 0 saturated carbocycles. The molecule has 21 heteroatoms. The number of aromatic nitrogens is 3. The lowest BCUT2D eigenvalue weighted by Gasteiger charge is -2.25. The molecule has 2 aromatic rings. The molecule has 0 spiro atoms. The molecule has 8 N–H and O–H groups in total. The summed E-state index contributed by atoms with van der Waals surface area (Å²) in [5.74, 6) is 0.0467. The Morgan fingerprint density at radius 1 is 1.12 bits per heavy atom. The average Bonchev–Trinajstić information content (AvgIpc) is 3.06. The highest BCUT2D eigenvalue weighted by molar-refractivity contribution is 7.66. The molecule has 0 saturated heterocycles. The van der Waals surface area contributed by atoms with Crippen molar-refractivity contribution in [3.8, 4) is 6.26 Å². The number of ether oxygens (including phenoxy) is 1. The highest BCUT2D eigenvalue weighted by Crippen LogP contribution is 2.66. The van der Waals surface area contributed by atoms with Crippen LogP contribution in [0, 0.1) is 11.5 Å². The Morgan fingerprint density at radius 2 is 1.78 bits per heavy atom. The van der Waals surface area contributed by atoms with Gasteiger partial charge in [0.25, 0.3) is 6.26 Å². The molecule has 0 aliphatic rings. The molecule has 0 bridgehead atoms. The van der Waals surface area contributed by atoms with Gasteiger partial charge < -0.3 is 40.3 Å². The molecule has 5 atom stereocenters. The van der Waals surface area contributed by atoms with Crippen LogP contribution in [0.2, 0.25) is 0 Å². The highest BCUT2D eigenvalue weighted by Gasteiger charge is 2.42. The van der Waals surface area contributed by atoms with Crippen LogP contribution in [0.3, 0.4) is 0 Å². The minimum Gasteiger partial charge on any atom is -0.419 e. The summed E-state index contributed by atoms with van der Waals surface area (Å²) in [5.41, 5.74) is 5.87. The first-order valence-corrected chi connectivity index (χ1v) is 12.5. The third-order valence-electron chi connectivity index (χ3n) is 3.54. The topological polar surface area (TPSA) is 290 Å². The van der Waals surface area contributed by atoms with Crippen LogP contribution in [0.25, 0.3) is 5.52 Å². The van der Waals surface area contributed by atoms with Gasteiger partial charge in [-0.05, 0) is 12.1 Å². The number of phosphoric acid groups is 3. The lowest BCUT2D eigenvalue weighted by atomic mass is 10.1. The second-order valence-corrected chi connectivity index (χ2v) is 10.2. The number of fused-ring (bicyclic) bond motifs is 1. The number of phosphoric ester groups is 1. The molecule has 0 fully saturated rings. The highest BCUT2D eigenvalue weighted by atomic mass is 31.3. The maximum absolute atomic E-state index is 11.8. The van der Waals surface area contributed by atoms with Gasteiger partial charge in [0.1, 0.15) is 24.1 Å². The number of nitrogen functional groups attached to an aromatic ring is 1. The van der Waals surface area contributed by atoms with Crippen LogP contribution >= 0.6 is 23.5 Å². The predicted octanol–water partition coefficient (Wildman–Crippen LogP) is -1.08. The van der Waals surface area contributed by atoms with E-state index in [4.69, 9.17) is 25.7 Å². The summed E-state index contributed by atoms with van der Waals surface area (Å²) in [6, 6.07) is 2.72. The summed E-state index contributed by atoms with van der Waals surface area (Å²) in [7, 11) is -16.9. The number of anilines is 1. The second-order valence-electron chi connectivity index (χ2n) is 5.77. The molecule has 32 heavy (non-hydrogen) atoms. The Hall–Kier alpha value is -1.96. The number of hydrogen-bond acceptors (Lipinski definition) is 13. The molecule has 2 heterocycles. The first-order valence-electron chi connectivity index (χ1n) is 7.93. The third-order valence-corrected chi connectivity index (χ3v) is 7.34. The van der Waals surface area contributed by atoms with Gasteiger partial charge in [0.15, 0.2) is 11.9 Å². The molecule has 2 unspecified atom stereocenters. The Balaban J connectivity index is 2.14. The summed E-state index contributed by atoms with van der Waals surface area (Å²) in [6.45, 7) is -1.18. The van der Waals surface area contributed by atoms with Crippen LogP contribution in [0.5, 0.6) is 0 Å². The number of nitrogens with zero attached hydrogens (tertiary/aromatic N) is 4. The standard InChI is InChI=1S/C11H16N5O13P3/c12-4-26-8(3-27-31(22,23)29-32(24,25)28-30(19,20)21)10(18)9(17)6-1-2-7-11(13)14-5-15-16(6)7/h1-2,5,8-10,17-18H,3H2,(H,22,23)(H,24,25)(H2,13,14,15)(H2,19,20,21)/t8-,9+,10-/m1/s1. The van der Waals surface area contributed by atoms with Crippen LogP contribution in [-0.4, -0.2) is 63.2 Å². The van der Waals surface area contributed by atoms with Crippen molar-refractivity contribution in [2.24, 2.45) is 0 Å². The van der Waals surface area contributed by atoms with E-state index in [1.54, 1.807) is 0 Å². The van der Waals surface area contributed by atoms with Crippen molar-refractivity contribution in [1.82, 2.24) is 14.6 Å². The summed E-state index contributed by atoms with van der Waals surface area (Å²) in [6.07, 6.45) is -3.45. The van der Waals surface area contributed by atoms with Gasteiger partial charge in [-0.1, -0.05) is 0 Å². The normalized spacial score (nSPS) is 18.8. The van der Waals surface area contributed by atoms with Gasteiger partial charge in [0.05, 0.1) is 12.3 Å². The van der Waals surface area contributed by atoms with E-state index in [0.717, 1.165) is 17.1 Å². The van der Waals surface area contributed by atoms with Crippen LogP contribution in [0.1, 0.15) is 11.8 Å². The summed E-state index contributed by atoms with van der Waals surface area (Å²) >= 11 is 0. The van der Waals surface area contributed by atoms with E-state index < -0.39 is 48.4 Å². The lowest BCUT2D eigenvalue weighted by molar-refractivity contribution is -0.0787. The molecule has 0 amide bonds. The molecule has 0 radical (unpaired) electrons. The molecule has 2 aromatic heterocycles. The SMILES string of the molecule is N#CO[C@H](COP(=O)(O)OP(=O)(O)OP(=O)(O)O)[C@@H](O)[C@@H](O)c1ccc2c(N)ncnn12. The van der Waals surface area contributed by atoms with E-state index in [0.29, 0.717) is 0 Å². The molecular formula is C11H16N5O13P3. The average molecular weight is 519 g/mol. The van der Waals surface area contributed by atoms with Crippen molar-refractivity contribution < 1.29 is 61.4 Å². The maximum atomic E-state index is 11.8. The maximum Gasteiger partial charge on any atom is 0.490 e.